The first kappa shape index (κ1) is 35.8. The van der Waals surface area contributed by atoms with Crippen molar-refractivity contribution in [2.24, 2.45) is 0 Å². The Morgan fingerprint density at radius 1 is 0.457 bits per heavy atom. The van der Waals surface area contributed by atoms with E-state index >= 15 is 0 Å². The van der Waals surface area contributed by atoms with Crippen LogP contribution in [0.2, 0.25) is 0 Å². The van der Waals surface area contributed by atoms with Crippen molar-refractivity contribution in [3.8, 4) is 11.1 Å². The van der Waals surface area contributed by atoms with Crippen molar-refractivity contribution in [2.45, 2.75) is 53.9 Å². The Hall–Kier alpha value is -4.70. The monoisotopic (exact) mass is 622 g/mol. The van der Waals surface area contributed by atoms with Crippen LogP contribution in [0.3, 0.4) is 0 Å². The summed E-state index contributed by atoms with van der Waals surface area (Å²) in [5.74, 6) is -1.36. The molecule has 4 heteroatoms. The molecular formula is C42H42F4. The van der Waals surface area contributed by atoms with Gasteiger partial charge in [-0.2, -0.15) is 0 Å². The second-order valence-corrected chi connectivity index (χ2v) is 12.4. The van der Waals surface area contributed by atoms with Crippen molar-refractivity contribution in [3.05, 3.63) is 178 Å². The van der Waals surface area contributed by atoms with Crippen LogP contribution in [0.1, 0.15) is 48.6 Å². The van der Waals surface area contributed by atoms with Gasteiger partial charge in [0, 0.05) is 6.07 Å². The Labute approximate surface area is 271 Å². The van der Waals surface area contributed by atoms with Gasteiger partial charge < -0.3 is 0 Å². The molecule has 0 fully saturated rings. The maximum atomic E-state index is 13.5. The van der Waals surface area contributed by atoms with Gasteiger partial charge in [0.05, 0.1) is 0 Å². The zero-order chi connectivity index (χ0) is 33.9. The van der Waals surface area contributed by atoms with E-state index in [-0.39, 0.29) is 17.0 Å². The Bertz CT molecular complexity index is 1750. The number of fused-ring (bicyclic) bond motifs is 1. The minimum absolute atomic E-state index is 0.132. The first-order valence-corrected chi connectivity index (χ1v) is 15.2. The number of halogens is 4. The molecule has 46 heavy (non-hydrogen) atoms. The second kappa shape index (κ2) is 16.6. The molecule has 0 spiro atoms. The molecule has 0 heterocycles. The Morgan fingerprint density at radius 2 is 0.978 bits per heavy atom. The summed E-state index contributed by atoms with van der Waals surface area (Å²) < 4.78 is 50.2. The van der Waals surface area contributed by atoms with Crippen LogP contribution in [0.25, 0.3) is 21.9 Å². The predicted octanol–water partition coefficient (Wildman–Crippen LogP) is 12.7. The molecule has 0 N–H and O–H groups in total. The van der Waals surface area contributed by atoms with E-state index in [1.54, 1.807) is 38.1 Å². The molecule has 0 radical (unpaired) electrons. The first-order chi connectivity index (χ1) is 21.7. The topological polar surface area (TPSA) is 0 Å². The summed E-state index contributed by atoms with van der Waals surface area (Å²) in [7, 11) is 0. The van der Waals surface area contributed by atoms with Crippen LogP contribution in [-0.2, 0) is 5.41 Å². The summed E-state index contributed by atoms with van der Waals surface area (Å²) in [6.45, 7) is 14.1. The lowest BCUT2D eigenvalue weighted by Gasteiger charge is -2.18. The molecule has 0 amide bonds. The van der Waals surface area contributed by atoms with Crippen LogP contribution in [0.5, 0.6) is 0 Å². The zero-order valence-corrected chi connectivity index (χ0v) is 27.6. The minimum Gasteiger partial charge on any atom is -0.207 e. The van der Waals surface area contributed by atoms with E-state index in [0.717, 1.165) is 28.1 Å². The molecule has 6 rings (SSSR count). The quantitative estimate of drug-likeness (QED) is 0.160. The number of rotatable bonds is 1. The van der Waals surface area contributed by atoms with Gasteiger partial charge in [0.1, 0.15) is 23.3 Å². The highest BCUT2D eigenvalue weighted by molar-refractivity contribution is 5.96. The maximum Gasteiger partial charge on any atom is 0.126 e. The van der Waals surface area contributed by atoms with E-state index in [4.69, 9.17) is 0 Å². The van der Waals surface area contributed by atoms with Gasteiger partial charge in [-0.1, -0.05) is 117 Å². The Balaban J connectivity index is 0.000000178. The van der Waals surface area contributed by atoms with Crippen LogP contribution in [0, 0.1) is 51.0 Å². The van der Waals surface area contributed by atoms with Gasteiger partial charge in [0.25, 0.3) is 0 Å². The normalized spacial score (nSPS) is 10.5. The maximum absolute atomic E-state index is 13.5. The summed E-state index contributed by atoms with van der Waals surface area (Å²) in [5, 5.41) is 2.34. The average Bonchev–Trinajstić information content (AvgIpc) is 2.98. The van der Waals surface area contributed by atoms with Crippen molar-refractivity contribution in [3.63, 3.8) is 0 Å². The highest BCUT2D eigenvalue weighted by Crippen LogP contribution is 2.29. The van der Waals surface area contributed by atoms with Crippen LogP contribution in [0.4, 0.5) is 17.6 Å². The van der Waals surface area contributed by atoms with Crippen LogP contribution in [-0.4, -0.2) is 0 Å². The van der Waals surface area contributed by atoms with Crippen LogP contribution < -0.4 is 0 Å². The van der Waals surface area contributed by atoms with Crippen LogP contribution in [0.15, 0.2) is 127 Å². The van der Waals surface area contributed by atoms with Gasteiger partial charge in [0.15, 0.2) is 0 Å². The predicted molar refractivity (Wildman–Crippen MR) is 186 cm³/mol. The lowest BCUT2D eigenvalue weighted by Crippen LogP contribution is -2.10. The lowest BCUT2D eigenvalue weighted by molar-refractivity contribution is 0.581. The van der Waals surface area contributed by atoms with E-state index in [1.165, 1.54) is 34.7 Å². The first-order valence-electron chi connectivity index (χ1n) is 15.2. The molecule has 0 aliphatic heterocycles. The van der Waals surface area contributed by atoms with Crippen molar-refractivity contribution in [1.82, 2.24) is 0 Å². The number of hydrogen-bond donors (Lipinski definition) is 0. The molecule has 0 aromatic heterocycles. The SMILES string of the molecule is Cc1cc(F)cc(-c2cccc3ccccc23)c1.Cc1cc(F)cc(F)c1.Cc1ccc(C(C)(C)C)cc1.Cc1ccccc1F. The molecule has 0 nitrogen and oxygen atoms in total. The van der Waals surface area contributed by atoms with E-state index in [2.05, 4.69) is 70.2 Å². The van der Waals surface area contributed by atoms with Crippen LogP contribution >= 0.6 is 0 Å². The third-order valence-corrected chi connectivity index (χ3v) is 7.14. The average molecular weight is 623 g/mol. The van der Waals surface area contributed by atoms with Gasteiger partial charge in [-0.25, -0.2) is 17.6 Å². The third-order valence-electron chi connectivity index (χ3n) is 7.14. The van der Waals surface area contributed by atoms with Gasteiger partial charge in [-0.15, -0.1) is 0 Å². The number of hydrogen-bond acceptors (Lipinski definition) is 0. The standard InChI is InChI=1S/C17H13F.C11H16.C7H6F2.C7H7F/c1-12-9-14(11-15(18)10-12)17-8-4-6-13-5-2-3-7-16(13)17;1-9-5-7-10(8-6-9)11(2,3)4;1-5-2-6(8)4-7(9)3-5;1-6-4-2-3-5-7(6)8/h2-11H,1H3;5-8H,1-4H3;2-4H,1H3;2-5H,1H3. The molecule has 6 aromatic carbocycles. The summed E-state index contributed by atoms with van der Waals surface area (Å²) >= 11 is 0. The van der Waals surface area contributed by atoms with Gasteiger partial charge >= 0.3 is 0 Å². The molecule has 0 atom stereocenters. The summed E-state index contributed by atoms with van der Waals surface area (Å²) in [5.41, 5.74) is 7.28. The van der Waals surface area contributed by atoms with Crippen molar-refractivity contribution >= 4 is 10.8 Å². The summed E-state index contributed by atoms with van der Waals surface area (Å²) in [6, 6.07) is 38.3. The van der Waals surface area contributed by atoms with Gasteiger partial charge in [-0.05, 0) is 108 Å². The Morgan fingerprint density at radius 3 is 1.50 bits per heavy atom. The van der Waals surface area contributed by atoms with Crippen molar-refractivity contribution in [2.75, 3.05) is 0 Å². The van der Waals surface area contributed by atoms with Gasteiger partial charge in [0.2, 0.25) is 0 Å². The smallest absolute Gasteiger partial charge is 0.126 e. The molecule has 6 aromatic rings. The number of aryl methyl sites for hydroxylation is 4. The highest BCUT2D eigenvalue weighted by atomic mass is 19.1. The summed E-state index contributed by atoms with van der Waals surface area (Å²) in [4.78, 5) is 0. The third kappa shape index (κ3) is 11.3. The fraction of sp³-hybridized carbons (Fsp3) is 0.190. The number of benzene rings is 6. The largest absolute Gasteiger partial charge is 0.207 e. The molecule has 0 aliphatic carbocycles. The van der Waals surface area contributed by atoms with E-state index < -0.39 is 11.6 Å². The molecule has 0 aliphatic rings. The molecule has 0 saturated carbocycles. The van der Waals surface area contributed by atoms with Gasteiger partial charge in [-0.3, -0.25) is 0 Å². The highest BCUT2D eigenvalue weighted by Gasteiger charge is 2.12. The zero-order valence-electron chi connectivity index (χ0n) is 27.6. The lowest BCUT2D eigenvalue weighted by atomic mass is 9.87. The second-order valence-electron chi connectivity index (χ2n) is 12.4. The minimum atomic E-state index is -0.521. The fourth-order valence-corrected chi connectivity index (χ4v) is 4.67. The molecule has 0 bridgehead atoms. The molecule has 0 unspecified atom stereocenters. The fourth-order valence-electron chi connectivity index (χ4n) is 4.67. The van der Waals surface area contributed by atoms with Crippen molar-refractivity contribution in [1.29, 1.82) is 0 Å². The van der Waals surface area contributed by atoms with E-state index in [9.17, 15) is 17.6 Å². The van der Waals surface area contributed by atoms with Crippen molar-refractivity contribution < 1.29 is 17.6 Å². The molecule has 0 saturated heterocycles. The Kier molecular flexibility index (Phi) is 12.9. The van der Waals surface area contributed by atoms with E-state index in [0.29, 0.717) is 11.1 Å². The molecular weight excluding hydrogens is 580 g/mol. The molecule has 238 valence electrons. The van der Waals surface area contributed by atoms with E-state index in [1.807, 2.05) is 43.3 Å². The summed E-state index contributed by atoms with van der Waals surface area (Å²) in [6.07, 6.45) is 0.